The highest BCUT2D eigenvalue weighted by atomic mass is 32.2. The molecule has 112 valence electrons. The number of nitrogens with two attached hydrogens (primary N) is 1. The molecule has 0 bridgehead atoms. The highest BCUT2D eigenvalue weighted by molar-refractivity contribution is 7.89. The van der Waals surface area contributed by atoms with Crippen LogP contribution in [0.2, 0.25) is 0 Å². The molecule has 2 rings (SSSR count). The Hall–Kier alpha value is -1.29. The van der Waals surface area contributed by atoms with Crippen molar-refractivity contribution in [2.45, 2.75) is 24.2 Å². The van der Waals surface area contributed by atoms with E-state index in [9.17, 15) is 8.42 Å². The zero-order valence-electron chi connectivity index (χ0n) is 11.1. The normalized spacial score (nSPS) is 15.2. The molecule has 8 nitrogen and oxygen atoms in total. The van der Waals surface area contributed by atoms with E-state index in [2.05, 4.69) is 20.1 Å². The maximum atomic E-state index is 11.9. The Bertz CT molecular complexity index is 515. The lowest BCUT2D eigenvalue weighted by molar-refractivity contribution is 0.123. The molecule has 0 aromatic carbocycles. The van der Waals surface area contributed by atoms with Gasteiger partial charge in [0.05, 0.1) is 12.4 Å². The van der Waals surface area contributed by atoms with Crippen LogP contribution in [0.3, 0.4) is 0 Å². The van der Waals surface area contributed by atoms with E-state index in [0.717, 1.165) is 12.5 Å². The van der Waals surface area contributed by atoms with Gasteiger partial charge in [0.1, 0.15) is 4.90 Å². The minimum atomic E-state index is -3.58. The zero-order chi connectivity index (χ0) is 14.4. The largest absolute Gasteiger partial charge is 0.381 e. The van der Waals surface area contributed by atoms with Gasteiger partial charge >= 0.3 is 0 Å². The smallest absolute Gasteiger partial charge is 0.243 e. The molecule has 0 aliphatic heterocycles. The number of hydrogen-bond donors (Lipinski definition) is 3. The molecular weight excluding hydrogens is 282 g/mol. The molecular formula is C11H19N5O3S. The first-order valence-electron chi connectivity index (χ1n) is 6.48. The van der Waals surface area contributed by atoms with Crippen LogP contribution in [0.4, 0.5) is 5.95 Å². The Labute approximate surface area is 118 Å². The van der Waals surface area contributed by atoms with Crippen LogP contribution in [-0.4, -0.2) is 38.1 Å². The fourth-order valence-corrected chi connectivity index (χ4v) is 2.49. The summed E-state index contributed by atoms with van der Waals surface area (Å²) in [7, 11) is -3.58. The number of rotatable bonds is 9. The van der Waals surface area contributed by atoms with Crippen molar-refractivity contribution in [2.24, 2.45) is 11.8 Å². The maximum absolute atomic E-state index is 11.9. The van der Waals surface area contributed by atoms with Crippen LogP contribution >= 0.6 is 0 Å². The molecule has 9 heteroatoms. The van der Waals surface area contributed by atoms with Crippen molar-refractivity contribution in [2.75, 3.05) is 25.2 Å². The van der Waals surface area contributed by atoms with Crippen LogP contribution in [0.1, 0.15) is 19.3 Å². The van der Waals surface area contributed by atoms with Gasteiger partial charge in [-0.15, -0.1) is 0 Å². The fourth-order valence-electron chi connectivity index (χ4n) is 1.53. The molecule has 1 aromatic rings. The minimum Gasteiger partial charge on any atom is -0.381 e. The van der Waals surface area contributed by atoms with E-state index in [0.29, 0.717) is 19.6 Å². The summed E-state index contributed by atoms with van der Waals surface area (Å²) in [6, 6.07) is 0. The lowest BCUT2D eigenvalue weighted by Gasteiger charge is -2.07. The average molecular weight is 301 g/mol. The van der Waals surface area contributed by atoms with Crippen LogP contribution in [0, 0.1) is 5.92 Å². The number of sulfonamides is 1. The van der Waals surface area contributed by atoms with Gasteiger partial charge in [-0.2, -0.15) is 0 Å². The molecule has 1 aliphatic rings. The van der Waals surface area contributed by atoms with E-state index in [4.69, 9.17) is 10.6 Å². The second kappa shape index (κ2) is 6.93. The van der Waals surface area contributed by atoms with Crippen molar-refractivity contribution in [1.82, 2.24) is 14.7 Å². The number of nitrogens with zero attached hydrogens (tertiary/aromatic N) is 2. The number of nitrogens with one attached hydrogen (secondary N) is 2. The van der Waals surface area contributed by atoms with Crippen LogP contribution in [0.15, 0.2) is 17.3 Å². The third-order valence-corrected chi connectivity index (χ3v) is 4.29. The molecule has 4 N–H and O–H groups in total. The maximum Gasteiger partial charge on any atom is 0.243 e. The number of ether oxygens (including phenoxy) is 1. The molecule has 0 saturated heterocycles. The van der Waals surface area contributed by atoms with Crippen LogP contribution in [0.5, 0.6) is 0 Å². The van der Waals surface area contributed by atoms with E-state index < -0.39 is 10.0 Å². The standard InChI is InChI=1S/C11H19N5O3S/c12-16-11-13-6-10(7-14-11)20(17,18)15-4-1-5-19-8-9-2-3-9/h6-7,9,15H,1-5,8,12H2,(H,13,14,16). The topological polar surface area (TPSA) is 119 Å². The van der Waals surface area contributed by atoms with Crippen molar-refractivity contribution in [3.63, 3.8) is 0 Å². The molecule has 1 heterocycles. The summed E-state index contributed by atoms with van der Waals surface area (Å²) < 4.78 is 31.7. The predicted molar refractivity (Wildman–Crippen MR) is 73.2 cm³/mol. The van der Waals surface area contributed by atoms with E-state index in [-0.39, 0.29) is 10.8 Å². The lowest BCUT2D eigenvalue weighted by atomic mass is 10.4. The van der Waals surface area contributed by atoms with Gasteiger partial charge in [0.25, 0.3) is 0 Å². The van der Waals surface area contributed by atoms with Crippen molar-refractivity contribution in [1.29, 1.82) is 0 Å². The quantitative estimate of drug-likeness (QED) is 0.330. The van der Waals surface area contributed by atoms with Crippen molar-refractivity contribution in [3.05, 3.63) is 12.4 Å². The van der Waals surface area contributed by atoms with Gasteiger partial charge < -0.3 is 4.74 Å². The Kier molecular flexibility index (Phi) is 5.24. The molecule has 20 heavy (non-hydrogen) atoms. The molecule has 1 aromatic heterocycles. The zero-order valence-corrected chi connectivity index (χ0v) is 11.9. The Balaban J connectivity index is 1.71. The summed E-state index contributed by atoms with van der Waals surface area (Å²) in [6.07, 6.45) is 5.54. The third-order valence-electron chi connectivity index (χ3n) is 2.88. The summed E-state index contributed by atoms with van der Waals surface area (Å²) in [5.41, 5.74) is 2.23. The monoisotopic (exact) mass is 301 g/mol. The highest BCUT2D eigenvalue weighted by Crippen LogP contribution is 2.28. The van der Waals surface area contributed by atoms with E-state index >= 15 is 0 Å². The molecule has 0 spiro atoms. The first-order valence-corrected chi connectivity index (χ1v) is 7.96. The summed E-state index contributed by atoms with van der Waals surface area (Å²) >= 11 is 0. The highest BCUT2D eigenvalue weighted by Gasteiger charge is 2.21. The van der Waals surface area contributed by atoms with Crippen molar-refractivity contribution in [3.8, 4) is 0 Å². The van der Waals surface area contributed by atoms with Gasteiger partial charge in [-0.25, -0.2) is 29.0 Å². The summed E-state index contributed by atoms with van der Waals surface area (Å²) in [4.78, 5) is 7.52. The minimum absolute atomic E-state index is 0.00963. The molecule has 1 fully saturated rings. The van der Waals surface area contributed by atoms with Gasteiger partial charge in [-0.1, -0.05) is 0 Å². The van der Waals surface area contributed by atoms with E-state index in [1.54, 1.807) is 0 Å². The molecule has 0 amide bonds. The van der Waals surface area contributed by atoms with Crippen LogP contribution in [0.25, 0.3) is 0 Å². The first-order chi connectivity index (χ1) is 9.62. The van der Waals surface area contributed by atoms with Gasteiger partial charge in [0.2, 0.25) is 16.0 Å². The van der Waals surface area contributed by atoms with Crippen molar-refractivity contribution < 1.29 is 13.2 Å². The molecule has 0 atom stereocenters. The van der Waals surface area contributed by atoms with Gasteiger partial charge in [0, 0.05) is 19.8 Å². The SMILES string of the molecule is NNc1ncc(S(=O)(=O)NCCCOCC2CC2)cn1. The van der Waals surface area contributed by atoms with Crippen LogP contribution < -0.4 is 16.0 Å². The van der Waals surface area contributed by atoms with Gasteiger partial charge in [-0.05, 0) is 25.2 Å². The molecule has 1 saturated carbocycles. The third kappa shape index (κ3) is 4.67. The molecule has 0 radical (unpaired) electrons. The second-order valence-electron chi connectivity index (χ2n) is 4.66. The van der Waals surface area contributed by atoms with Gasteiger partial charge in [-0.3, -0.25) is 5.43 Å². The Morgan fingerprint density at radius 3 is 2.65 bits per heavy atom. The lowest BCUT2D eigenvalue weighted by Crippen LogP contribution is -2.26. The van der Waals surface area contributed by atoms with Gasteiger partial charge in [0.15, 0.2) is 0 Å². The second-order valence-corrected chi connectivity index (χ2v) is 6.42. The molecule has 1 aliphatic carbocycles. The van der Waals surface area contributed by atoms with Crippen molar-refractivity contribution >= 4 is 16.0 Å². The summed E-state index contributed by atoms with van der Waals surface area (Å²) in [6.45, 7) is 1.67. The van der Waals surface area contributed by atoms with E-state index in [1.807, 2.05) is 0 Å². The number of nitrogen functional groups attached to an aromatic ring is 1. The number of hydrogen-bond acceptors (Lipinski definition) is 7. The van der Waals surface area contributed by atoms with E-state index in [1.165, 1.54) is 25.2 Å². The fraction of sp³-hybridized carbons (Fsp3) is 0.636. The number of aromatic nitrogens is 2. The van der Waals surface area contributed by atoms with Crippen LogP contribution in [-0.2, 0) is 14.8 Å². The first kappa shape index (κ1) is 15.1. The predicted octanol–water partition coefficient (Wildman–Crippen LogP) is -0.143. The Morgan fingerprint density at radius 1 is 1.35 bits per heavy atom. The number of hydrazine groups is 1. The summed E-state index contributed by atoms with van der Waals surface area (Å²) in [5, 5.41) is 0. The summed E-state index contributed by atoms with van der Waals surface area (Å²) in [5.74, 6) is 5.99. The molecule has 0 unspecified atom stereocenters. The average Bonchev–Trinajstić information content (AvgIpc) is 3.27. The Morgan fingerprint density at radius 2 is 2.05 bits per heavy atom. The number of anilines is 1.